The van der Waals surface area contributed by atoms with Gasteiger partial charge in [-0.1, -0.05) is 0 Å². The van der Waals surface area contributed by atoms with Gasteiger partial charge in [0.05, 0.1) is 17.5 Å². The zero-order valence-electron chi connectivity index (χ0n) is 17.5. The van der Waals surface area contributed by atoms with Crippen molar-refractivity contribution in [1.82, 2.24) is 9.47 Å². The fourth-order valence-corrected chi connectivity index (χ4v) is 3.87. The number of carboxylic acids is 1. The number of halogens is 1. The lowest BCUT2D eigenvalue weighted by Crippen LogP contribution is -2.48. The number of furan rings is 1. The van der Waals surface area contributed by atoms with Crippen molar-refractivity contribution >= 4 is 34.5 Å². The molecule has 1 fully saturated rings. The molecule has 9 heteroatoms. The number of hydrogen-bond acceptors (Lipinski definition) is 5. The van der Waals surface area contributed by atoms with Crippen LogP contribution in [0.2, 0.25) is 0 Å². The number of carboxylic acid groups (broad SMARTS) is 1. The Kier molecular flexibility index (Phi) is 5.81. The number of piperazine rings is 1. The van der Waals surface area contributed by atoms with E-state index < -0.39 is 17.2 Å². The molecule has 1 aromatic carbocycles. The minimum atomic E-state index is -1.34. The van der Waals surface area contributed by atoms with Crippen LogP contribution in [-0.2, 0) is 11.3 Å². The maximum absolute atomic E-state index is 14.9. The van der Waals surface area contributed by atoms with Crippen LogP contribution in [0.15, 0.2) is 52.0 Å². The van der Waals surface area contributed by atoms with E-state index in [-0.39, 0.29) is 16.9 Å². The Balaban J connectivity index is 1.56. The molecule has 0 aliphatic carbocycles. The fraction of sp³-hybridized carbons (Fsp3) is 0.261. The van der Waals surface area contributed by atoms with Crippen LogP contribution in [0.5, 0.6) is 0 Å². The van der Waals surface area contributed by atoms with E-state index >= 15 is 0 Å². The topological polar surface area (TPSA) is 96.0 Å². The van der Waals surface area contributed by atoms with Crippen molar-refractivity contribution in [1.29, 1.82) is 0 Å². The number of fused-ring (bicyclic) bond motifs is 1. The molecular weight excluding hydrogens is 417 g/mol. The summed E-state index contributed by atoms with van der Waals surface area (Å²) in [5.74, 6) is -1.51. The molecule has 166 valence electrons. The van der Waals surface area contributed by atoms with Crippen molar-refractivity contribution in [3.63, 3.8) is 0 Å². The summed E-state index contributed by atoms with van der Waals surface area (Å²) in [5.41, 5.74) is -0.304. The van der Waals surface area contributed by atoms with Gasteiger partial charge in [0.1, 0.15) is 17.1 Å². The summed E-state index contributed by atoms with van der Waals surface area (Å²) in [4.78, 5) is 39.8. The second-order valence-corrected chi connectivity index (χ2v) is 7.44. The maximum Gasteiger partial charge on any atom is 0.341 e. The monoisotopic (exact) mass is 439 g/mol. The van der Waals surface area contributed by atoms with Crippen molar-refractivity contribution in [2.24, 2.45) is 0 Å². The minimum Gasteiger partial charge on any atom is -0.477 e. The van der Waals surface area contributed by atoms with Crippen molar-refractivity contribution in [3.8, 4) is 0 Å². The lowest BCUT2D eigenvalue weighted by atomic mass is 10.1. The first-order chi connectivity index (χ1) is 15.4. The number of aromatic nitrogens is 1. The number of amides is 1. The van der Waals surface area contributed by atoms with E-state index in [0.717, 1.165) is 6.07 Å². The summed E-state index contributed by atoms with van der Waals surface area (Å²) in [7, 11) is 0. The molecule has 0 unspecified atom stereocenters. The average Bonchev–Trinajstić information content (AvgIpc) is 3.31. The lowest BCUT2D eigenvalue weighted by Gasteiger charge is -2.36. The predicted octanol–water partition coefficient (Wildman–Crippen LogP) is 2.81. The molecule has 8 nitrogen and oxygen atoms in total. The van der Waals surface area contributed by atoms with Gasteiger partial charge in [0.2, 0.25) is 11.3 Å². The number of aromatic carboxylic acids is 1. The summed E-state index contributed by atoms with van der Waals surface area (Å²) < 4.78 is 21.8. The van der Waals surface area contributed by atoms with Crippen molar-refractivity contribution in [2.75, 3.05) is 31.1 Å². The second-order valence-electron chi connectivity index (χ2n) is 7.44. The number of anilines is 1. The molecule has 0 radical (unpaired) electrons. The zero-order chi connectivity index (χ0) is 22.8. The van der Waals surface area contributed by atoms with Crippen LogP contribution in [0.3, 0.4) is 0 Å². The summed E-state index contributed by atoms with van der Waals surface area (Å²) in [6, 6.07) is 6.17. The third-order valence-corrected chi connectivity index (χ3v) is 5.59. The highest BCUT2D eigenvalue weighted by molar-refractivity contribution is 5.94. The molecule has 0 atom stereocenters. The van der Waals surface area contributed by atoms with E-state index in [1.165, 1.54) is 18.5 Å². The Morgan fingerprint density at radius 2 is 1.97 bits per heavy atom. The van der Waals surface area contributed by atoms with E-state index in [9.17, 15) is 23.9 Å². The van der Waals surface area contributed by atoms with E-state index in [0.29, 0.717) is 49.7 Å². The molecule has 2 aromatic heterocycles. The minimum absolute atomic E-state index is 0.0323. The van der Waals surface area contributed by atoms with Crippen LogP contribution in [0, 0.1) is 5.82 Å². The SMILES string of the molecule is CCn1cc(C(=O)O)c(=O)c2cc(F)c(N3CCN(C(=O)/C=C/c4ccco4)CC3)cc21. The molecule has 1 aliphatic rings. The van der Waals surface area contributed by atoms with Crippen molar-refractivity contribution in [3.05, 3.63) is 70.2 Å². The predicted molar refractivity (Wildman–Crippen MR) is 117 cm³/mol. The van der Waals surface area contributed by atoms with E-state index in [1.807, 2.05) is 11.8 Å². The maximum atomic E-state index is 14.9. The van der Waals surface area contributed by atoms with Gasteiger partial charge < -0.3 is 23.9 Å². The standard InChI is InChI=1S/C23H22FN3O5/c1-2-25-14-17(23(30)31)22(29)16-12-18(24)20(13-19(16)25)26-7-9-27(10-8-26)21(28)6-5-15-4-3-11-32-15/h3-6,11-14H,2,7-10H2,1H3,(H,30,31)/b6-5+. The third-order valence-electron chi connectivity index (χ3n) is 5.59. The molecule has 3 aromatic rings. The Morgan fingerprint density at radius 1 is 1.22 bits per heavy atom. The third kappa shape index (κ3) is 4.01. The van der Waals surface area contributed by atoms with Gasteiger partial charge in [-0.05, 0) is 37.3 Å². The normalized spacial score (nSPS) is 14.4. The summed E-state index contributed by atoms with van der Waals surface area (Å²) >= 11 is 0. The lowest BCUT2D eigenvalue weighted by molar-refractivity contribution is -0.126. The molecule has 0 bridgehead atoms. The first kappa shape index (κ1) is 21.4. The van der Waals surface area contributed by atoms with Gasteiger partial charge in [0.25, 0.3) is 0 Å². The highest BCUT2D eigenvalue weighted by Crippen LogP contribution is 2.26. The van der Waals surface area contributed by atoms with Gasteiger partial charge in [0.15, 0.2) is 0 Å². The molecule has 1 amide bonds. The molecule has 32 heavy (non-hydrogen) atoms. The van der Waals surface area contributed by atoms with E-state index in [4.69, 9.17) is 4.42 Å². The molecule has 1 saturated heterocycles. The number of hydrogen-bond donors (Lipinski definition) is 1. The average molecular weight is 439 g/mol. The van der Waals surface area contributed by atoms with Crippen LogP contribution in [0.25, 0.3) is 17.0 Å². The van der Waals surface area contributed by atoms with Crippen LogP contribution < -0.4 is 10.3 Å². The molecule has 4 rings (SSSR count). The summed E-state index contributed by atoms with van der Waals surface area (Å²) in [6.45, 7) is 3.92. The van der Waals surface area contributed by atoms with Crippen LogP contribution >= 0.6 is 0 Å². The number of pyridine rings is 1. The van der Waals surface area contributed by atoms with E-state index in [1.54, 1.807) is 33.7 Å². The zero-order valence-corrected chi connectivity index (χ0v) is 17.5. The quantitative estimate of drug-likeness (QED) is 0.615. The fourth-order valence-electron chi connectivity index (χ4n) is 3.87. The molecule has 3 heterocycles. The number of nitrogens with zero attached hydrogens (tertiary/aromatic N) is 3. The number of carbonyl (C=O) groups excluding carboxylic acids is 1. The Hall–Kier alpha value is -3.88. The van der Waals surface area contributed by atoms with Gasteiger partial charge in [-0.3, -0.25) is 9.59 Å². The Labute approximate surface area is 182 Å². The second kappa shape index (κ2) is 8.70. The summed E-state index contributed by atoms with van der Waals surface area (Å²) in [6.07, 6.45) is 5.87. The van der Waals surface area contributed by atoms with Gasteiger partial charge >= 0.3 is 5.97 Å². The largest absolute Gasteiger partial charge is 0.477 e. The van der Waals surface area contributed by atoms with Gasteiger partial charge in [-0.25, -0.2) is 9.18 Å². The molecule has 0 spiro atoms. The molecule has 1 aliphatic heterocycles. The Morgan fingerprint density at radius 3 is 2.59 bits per heavy atom. The van der Waals surface area contributed by atoms with Gasteiger partial charge in [-0.2, -0.15) is 0 Å². The van der Waals surface area contributed by atoms with E-state index in [2.05, 4.69) is 0 Å². The number of benzene rings is 1. The van der Waals surface area contributed by atoms with Gasteiger partial charge in [-0.15, -0.1) is 0 Å². The van der Waals surface area contributed by atoms with Crippen LogP contribution in [-0.4, -0.2) is 52.6 Å². The number of aryl methyl sites for hydroxylation is 1. The van der Waals surface area contributed by atoms with Gasteiger partial charge in [0, 0.05) is 50.4 Å². The number of carbonyl (C=O) groups is 2. The highest BCUT2D eigenvalue weighted by atomic mass is 19.1. The van der Waals surface area contributed by atoms with Crippen LogP contribution in [0.4, 0.5) is 10.1 Å². The molecule has 0 saturated carbocycles. The first-order valence-electron chi connectivity index (χ1n) is 10.2. The molecule has 1 N–H and O–H groups in total. The Bertz CT molecular complexity index is 1250. The molecular formula is C23H22FN3O5. The smallest absolute Gasteiger partial charge is 0.341 e. The highest BCUT2D eigenvalue weighted by Gasteiger charge is 2.24. The van der Waals surface area contributed by atoms with Crippen LogP contribution in [0.1, 0.15) is 23.0 Å². The van der Waals surface area contributed by atoms with Crippen molar-refractivity contribution < 1.29 is 23.5 Å². The first-order valence-corrected chi connectivity index (χ1v) is 10.2. The van der Waals surface area contributed by atoms with Crippen molar-refractivity contribution in [2.45, 2.75) is 13.5 Å². The summed E-state index contributed by atoms with van der Waals surface area (Å²) in [5, 5.41) is 9.31. The number of rotatable bonds is 5.